The molecular weight excluding hydrogens is 246 g/mol. The van der Waals surface area contributed by atoms with E-state index in [0.717, 1.165) is 23.1 Å². The lowest BCUT2D eigenvalue weighted by atomic mass is 9.88. The Balaban J connectivity index is 2.00. The summed E-state index contributed by atoms with van der Waals surface area (Å²) in [6.07, 6.45) is 1.04. The highest BCUT2D eigenvalue weighted by Crippen LogP contribution is 2.27. The Labute approximate surface area is 119 Å². The molecule has 0 saturated carbocycles. The molecule has 3 rings (SSSR count). The normalized spacial score (nSPS) is 11.9. The van der Waals surface area contributed by atoms with Crippen LogP contribution in [0.25, 0.3) is 22.6 Å². The van der Waals surface area contributed by atoms with Crippen molar-refractivity contribution in [3.8, 4) is 11.5 Å². The summed E-state index contributed by atoms with van der Waals surface area (Å²) >= 11 is 0. The Hall–Kier alpha value is -2.09. The standard InChI is InChI=1S/C18H19NO/c1-18(2,3)12-13-9-10-16-15(11-13)19-17(20-16)14-7-5-4-6-8-14/h4-11H,12H2,1-3H3. The molecule has 2 nitrogen and oxygen atoms in total. The second-order valence-corrected chi connectivity index (χ2v) is 6.42. The molecule has 2 heteroatoms. The van der Waals surface area contributed by atoms with Crippen molar-refractivity contribution in [2.24, 2.45) is 5.41 Å². The Morgan fingerprint density at radius 1 is 1.00 bits per heavy atom. The summed E-state index contributed by atoms with van der Waals surface area (Å²) in [6.45, 7) is 6.74. The average Bonchev–Trinajstić information content (AvgIpc) is 2.81. The van der Waals surface area contributed by atoms with Gasteiger partial charge >= 0.3 is 0 Å². The van der Waals surface area contributed by atoms with Crippen molar-refractivity contribution in [3.05, 3.63) is 54.1 Å². The van der Waals surface area contributed by atoms with Gasteiger partial charge in [0.05, 0.1) is 0 Å². The molecule has 0 saturated heterocycles. The summed E-state index contributed by atoms with van der Waals surface area (Å²) in [5.74, 6) is 0.688. The van der Waals surface area contributed by atoms with Crippen molar-refractivity contribution in [1.82, 2.24) is 4.98 Å². The molecule has 0 N–H and O–H groups in total. The number of oxazole rings is 1. The first-order valence-corrected chi connectivity index (χ1v) is 6.96. The summed E-state index contributed by atoms with van der Waals surface area (Å²) in [4.78, 5) is 4.61. The predicted molar refractivity (Wildman–Crippen MR) is 82.6 cm³/mol. The minimum atomic E-state index is 0.277. The number of rotatable bonds is 2. The number of fused-ring (bicyclic) bond motifs is 1. The third kappa shape index (κ3) is 2.74. The van der Waals surface area contributed by atoms with Crippen LogP contribution in [0, 0.1) is 5.41 Å². The van der Waals surface area contributed by atoms with Crippen LogP contribution in [0.15, 0.2) is 52.9 Å². The first kappa shape index (κ1) is 12.9. The second-order valence-electron chi connectivity index (χ2n) is 6.42. The number of hydrogen-bond acceptors (Lipinski definition) is 2. The van der Waals surface area contributed by atoms with Gasteiger partial charge in [0.25, 0.3) is 0 Å². The maximum Gasteiger partial charge on any atom is 0.227 e. The minimum absolute atomic E-state index is 0.277. The summed E-state index contributed by atoms with van der Waals surface area (Å²) in [7, 11) is 0. The minimum Gasteiger partial charge on any atom is -0.436 e. The fourth-order valence-corrected chi connectivity index (χ4v) is 2.40. The van der Waals surface area contributed by atoms with Crippen LogP contribution in [0.4, 0.5) is 0 Å². The third-order valence-electron chi connectivity index (χ3n) is 3.21. The molecule has 0 bridgehead atoms. The van der Waals surface area contributed by atoms with E-state index in [1.54, 1.807) is 0 Å². The van der Waals surface area contributed by atoms with Crippen LogP contribution in [0.3, 0.4) is 0 Å². The van der Waals surface area contributed by atoms with E-state index in [2.05, 4.69) is 37.9 Å². The molecule has 1 heterocycles. The predicted octanol–water partition coefficient (Wildman–Crippen LogP) is 5.08. The van der Waals surface area contributed by atoms with E-state index < -0.39 is 0 Å². The Morgan fingerprint density at radius 2 is 1.75 bits per heavy atom. The second kappa shape index (κ2) is 4.78. The van der Waals surface area contributed by atoms with Gasteiger partial charge in [-0.2, -0.15) is 0 Å². The molecule has 0 aliphatic heterocycles. The van der Waals surface area contributed by atoms with E-state index in [1.165, 1.54) is 5.56 Å². The number of aromatic nitrogens is 1. The SMILES string of the molecule is CC(C)(C)Cc1ccc2oc(-c3ccccc3)nc2c1. The van der Waals surface area contributed by atoms with Crippen LogP contribution in [0.1, 0.15) is 26.3 Å². The van der Waals surface area contributed by atoms with Crippen LogP contribution in [0.2, 0.25) is 0 Å². The van der Waals surface area contributed by atoms with Gasteiger partial charge in [0.2, 0.25) is 5.89 Å². The van der Waals surface area contributed by atoms with Gasteiger partial charge in [-0.1, -0.05) is 45.0 Å². The first-order valence-electron chi connectivity index (χ1n) is 6.96. The van der Waals surface area contributed by atoms with E-state index in [-0.39, 0.29) is 5.41 Å². The van der Waals surface area contributed by atoms with Gasteiger partial charge in [-0.05, 0) is 41.7 Å². The van der Waals surface area contributed by atoms with E-state index in [4.69, 9.17) is 4.42 Å². The molecule has 2 aromatic carbocycles. The highest BCUT2D eigenvalue weighted by atomic mass is 16.3. The van der Waals surface area contributed by atoms with Gasteiger partial charge < -0.3 is 4.42 Å². The van der Waals surface area contributed by atoms with Gasteiger partial charge in [-0.3, -0.25) is 0 Å². The molecule has 20 heavy (non-hydrogen) atoms. The Kier molecular flexibility index (Phi) is 3.09. The zero-order valence-corrected chi connectivity index (χ0v) is 12.2. The van der Waals surface area contributed by atoms with Gasteiger partial charge in [0, 0.05) is 5.56 Å². The zero-order valence-electron chi connectivity index (χ0n) is 12.2. The van der Waals surface area contributed by atoms with Crippen molar-refractivity contribution < 1.29 is 4.42 Å². The molecule has 1 aromatic heterocycles. The van der Waals surface area contributed by atoms with Gasteiger partial charge in [-0.15, -0.1) is 0 Å². The van der Waals surface area contributed by atoms with Crippen LogP contribution >= 0.6 is 0 Å². The maximum absolute atomic E-state index is 5.83. The average molecular weight is 265 g/mol. The zero-order chi connectivity index (χ0) is 14.2. The van der Waals surface area contributed by atoms with Crippen molar-refractivity contribution in [2.45, 2.75) is 27.2 Å². The molecule has 0 spiro atoms. The fraction of sp³-hybridized carbons (Fsp3) is 0.278. The fourth-order valence-electron chi connectivity index (χ4n) is 2.40. The van der Waals surface area contributed by atoms with Crippen LogP contribution < -0.4 is 0 Å². The lowest BCUT2D eigenvalue weighted by molar-refractivity contribution is 0.411. The third-order valence-corrected chi connectivity index (χ3v) is 3.21. The van der Waals surface area contributed by atoms with Crippen LogP contribution in [0.5, 0.6) is 0 Å². The smallest absolute Gasteiger partial charge is 0.227 e. The van der Waals surface area contributed by atoms with Gasteiger partial charge in [0.1, 0.15) is 5.52 Å². The van der Waals surface area contributed by atoms with Gasteiger partial charge in [0.15, 0.2) is 5.58 Å². The van der Waals surface area contributed by atoms with Crippen molar-refractivity contribution in [1.29, 1.82) is 0 Å². The van der Waals surface area contributed by atoms with Gasteiger partial charge in [-0.25, -0.2) is 4.98 Å². The van der Waals surface area contributed by atoms with E-state index >= 15 is 0 Å². The van der Waals surface area contributed by atoms with Crippen LogP contribution in [-0.2, 0) is 6.42 Å². The molecule has 0 unspecified atom stereocenters. The molecule has 0 aliphatic rings. The van der Waals surface area contributed by atoms with Crippen molar-refractivity contribution in [3.63, 3.8) is 0 Å². The molecule has 102 valence electrons. The largest absolute Gasteiger partial charge is 0.436 e. The van der Waals surface area contributed by atoms with Crippen LogP contribution in [-0.4, -0.2) is 4.98 Å². The quantitative estimate of drug-likeness (QED) is 0.645. The summed E-state index contributed by atoms with van der Waals surface area (Å²) in [5.41, 5.74) is 4.38. The van der Waals surface area contributed by atoms with E-state index in [9.17, 15) is 0 Å². The van der Waals surface area contributed by atoms with E-state index in [1.807, 2.05) is 36.4 Å². The summed E-state index contributed by atoms with van der Waals surface area (Å²) in [5, 5.41) is 0. The number of nitrogens with zero attached hydrogens (tertiary/aromatic N) is 1. The lowest BCUT2D eigenvalue weighted by Crippen LogP contribution is -2.08. The van der Waals surface area contributed by atoms with Crippen molar-refractivity contribution >= 4 is 11.1 Å². The van der Waals surface area contributed by atoms with E-state index in [0.29, 0.717) is 5.89 Å². The Bertz CT molecular complexity index is 720. The monoisotopic (exact) mass is 265 g/mol. The maximum atomic E-state index is 5.83. The summed E-state index contributed by atoms with van der Waals surface area (Å²) < 4.78 is 5.83. The molecule has 0 radical (unpaired) electrons. The molecule has 0 atom stereocenters. The molecule has 0 aliphatic carbocycles. The number of benzene rings is 2. The highest BCUT2D eigenvalue weighted by molar-refractivity contribution is 5.76. The number of hydrogen-bond donors (Lipinski definition) is 0. The van der Waals surface area contributed by atoms with Crippen molar-refractivity contribution in [2.75, 3.05) is 0 Å². The molecule has 3 aromatic rings. The molecule has 0 fully saturated rings. The topological polar surface area (TPSA) is 26.0 Å². The summed E-state index contributed by atoms with van der Waals surface area (Å²) in [6, 6.07) is 16.3. The molecule has 0 amide bonds. The molecular formula is C18H19NO. The highest BCUT2D eigenvalue weighted by Gasteiger charge is 2.13. The first-order chi connectivity index (χ1) is 9.51. The lowest BCUT2D eigenvalue weighted by Gasteiger charge is -2.17. The Morgan fingerprint density at radius 3 is 2.45 bits per heavy atom.